The number of rotatable bonds is 4. The summed E-state index contributed by atoms with van der Waals surface area (Å²) in [6.07, 6.45) is 2.01. The van der Waals surface area contributed by atoms with Gasteiger partial charge in [-0.15, -0.1) is 0 Å². The van der Waals surface area contributed by atoms with Crippen LogP contribution in [0.4, 0.5) is 0 Å². The van der Waals surface area contributed by atoms with E-state index in [2.05, 4.69) is 86.6 Å². The van der Waals surface area contributed by atoms with Gasteiger partial charge >= 0.3 is 0 Å². The van der Waals surface area contributed by atoms with Crippen LogP contribution in [0.5, 0.6) is 0 Å². The predicted octanol–water partition coefficient (Wildman–Crippen LogP) is 5.49. The third-order valence-corrected chi connectivity index (χ3v) is 3.94. The predicted molar refractivity (Wildman–Crippen MR) is 94.4 cm³/mol. The fourth-order valence-corrected chi connectivity index (χ4v) is 3.04. The molecule has 110 valence electrons. The Morgan fingerprint density at radius 3 is 1.77 bits per heavy atom. The summed E-state index contributed by atoms with van der Waals surface area (Å²) in [5.41, 5.74) is 8.22. The van der Waals surface area contributed by atoms with Crippen LogP contribution in [-0.4, -0.2) is 0 Å². The van der Waals surface area contributed by atoms with Crippen molar-refractivity contribution >= 4 is 0 Å². The second-order valence-electron chi connectivity index (χ2n) is 6.16. The molecule has 3 rings (SSSR count). The molecule has 0 amide bonds. The van der Waals surface area contributed by atoms with Crippen molar-refractivity contribution in [3.8, 4) is 0 Å². The van der Waals surface area contributed by atoms with E-state index in [1.807, 2.05) is 0 Å². The first kappa shape index (κ1) is 14.6. The van der Waals surface area contributed by atoms with Crippen LogP contribution in [0.25, 0.3) is 0 Å². The third-order valence-electron chi connectivity index (χ3n) is 3.94. The monoisotopic (exact) mass is 286 g/mol. The zero-order chi connectivity index (χ0) is 15.4. The Hall–Kier alpha value is -2.34. The molecule has 0 saturated carbocycles. The van der Waals surface area contributed by atoms with Crippen molar-refractivity contribution in [3.05, 3.63) is 106 Å². The molecule has 0 saturated heterocycles. The smallest absolute Gasteiger partial charge is 0.00255 e. The topological polar surface area (TPSA) is 0 Å². The number of benzene rings is 3. The second kappa shape index (κ2) is 6.62. The molecule has 22 heavy (non-hydrogen) atoms. The zero-order valence-corrected chi connectivity index (χ0v) is 13.3. The van der Waals surface area contributed by atoms with Gasteiger partial charge in [0.25, 0.3) is 0 Å². The van der Waals surface area contributed by atoms with Crippen LogP contribution >= 0.6 is 0 Å². The minimum Gasteiger partial charge on any atom is -0.0622 e. The van der Waals surface area contributed by atoms with Gasteiger partial charge in [0, 0.05) is 0 Å². The van der Waals surface area contributed by atoms with Crippen LogP contribution in [0.2, 0.25) is 0 Å². The molecular weight excluding hydrogens is 264 g/mol. The average Bonchev–Trinajstić information content (AvgIpc) is 2.47. The van der Waals surface area contributed by atoms with Gasteiger partial charge in [0.15, 0.2) is 0 Å². The van der Waals surface area contributed by atoms with Crippen molar-refractivity contribution in [1.82, 2.24) is 0 Å². The lowest BCUT2D eigenvalue weighted by Gasteiger charge is -2.09. The fourth-order valence-electron chi connectivity index (χ4n) is 3.04. The van der Waals surface area contributed by atoms with Crippen LogP contribution in [0.15, 0.2) is 72.8 Å². The maximum atomic E-state index is 2.35. The molecule has 0 unspecified atom stereocenters. The summed E-state index contributed by atoms with van der Waals surface area (Å²) in [4.78, 5) is 0. The molecule has 0 aliphatic rings. The summed E-state index contributed by atoms with van der Waals surface area (Å²) >= 11 is 0. The minimum atomic E-state index is 1.00. The number of aryl methyl sites for hydroxylation is 2. The summed E-state index contributed by atoms with van der Waals surface area (Å²) in [5.74, 6) is 0. The Bertz CT molecular complexity index is 754. The van der Waals surface area contributed by atoms with Crippen molar-refractivity contribution < 1.29 is 0 Å². The average molecular weight is 286 g/mol. The van der Waals surface area contributed by atoms with Crippen LogP contribution in [0.3, 0.4) is 0 Å². The lowest BCUT2D eigenvalue weighted by atomic mass is 9.96. The molecule has 0 heteroatoms. The number of hydrogen-bond donors (Lipinski definition) is 0. The Balaban J connectivity index is 1.83. The maximum absolute atomic E-state index is 2.35. The molecule has 3 aromatic carbocycles. The molecule has 0 spiro atoms. The van der Waals surface area contributed by atoms with Gasteiger partial charge in [-0.05, 0) is 48.9 Å². The first-order chi connectivity index (χ1) is 10.7. The van der Waals surface area contributed by atoms with Crippen LogP contribution in [0.1, 0.15) is 33.4 Å². The molecular formula is C22H22. The summed E-state index contributed by atoms with van der Waals surface area (Å²) in [7, 11) is 0. The van der Waals surface area contributed by atoms with Gasteiger partial charge in [-0.1, -0.05) is 83.9 Å². The van der Waals surface area contributed by atoms with Crippen molar-refractivity contribution in [1.29, 1.82) is 0 Å². The molecule has 0 N–H and O–H groups in total. The summed E-state index contributed by atoms with van der Waals surface area (Å²) < 4.78 is 0. The van der Waals surface area contributed by atoms with Crippen molar-refractivity contribution in [2.24, 2.45) is 0 Å². The highest BCUT2D eigenvalue weighted by atomic mass is 14.1. The summed E-state index contributed by atoms with van der Waals surface area (Å²) in [6.45, 7) is 4.34. The molecule has 3 aromatic rings. The van der Waals surface area contributed by atoms with E-state index in [-0.39, 0.29) is 0 Å². The van der Waals surface area contributed by atoms with Gasteiger partial charge in [-0.3, -0.25) is 0 Å². The summed E-state index contributed by atoms with van der Waals surface area (Å²) in [6, 6.07) is 26.4. The number of hydrogen-bond acceptors (Lipinski definition) is 0. The standard InChI is InChI=1S/C22H22/c1-17-7-6-10-20(11-17)15-22-13-18(2)12-21(16-22)14-19-8-4-3-5-9-19/h3-13,16H,14-15H2,1-2H3. The van der Waals surface area contributed by atoms with Crippen LogP contribution in [0, 0.1) is 13.8 Å². The Labute approximate surface area is 133 Å². The molecule has 0 heterocycles. The van der Waals surface area contributed by atoms with Gasteiger partial charge in [0.05, 0.1) is 0 Å². The zero-order valence-electron chi connectivity index (χ0n) is 13.3. The Kier molecular flexibility index (Phi) is 4.39. The normalized spacial score (nSPS) is 10.6. The van der Waals surface area contributed by atoms with Crippen molar-refractivity contribution in [2.75, 3.05) is 0 Å². The molecule has 0 radical (unpaired) electrons. The molecule has 0 aliphatic carbocycles. The van der Waals surface area contributed by atoms with E-state index in [9.17, 15) is 0 Å². The largest absolute Gasteiger partial charge is 0.0622 e. The highest BCUT2D eigenvalue weighted by molar-refractivity contribution is 5.36. The minimum absolute atomic E-state index is 1.00. The molecule has 0 atom stereocenters. The molecule has 0 bridgehead atoms. The fraction of sp³-hybridized carbons (Fsp3) is 0.182. The van der Waals surface area contributed by atoms with Gasteiger partial charge in [0.1, 0.15) is 0 Å². The second-order valence-corrected chi connectivity index (χ2v) is 6.16. The van der Waals surface area contributed by atoms with E-state index in [1.54, 1.807) is 0 Å². The van der Waals surface area contributed by atoms with Crippen LogP contribution < -0.4 is 0 Å². The van der Waals surface area contributed by atoms with E-state index in [4.69, 9.17) is 0 Å². The van der Waals surface area contributed by atoms with E-state index < -0.39 is 0 Å². The van der Waals surface area contributed by atoms with Gasteiger partial charge in [-0.25, -0.2) is 0 Å². The van der Waals surface area contributed by atoms with Crippen molar-refractivity contribution in [3.63, 3.8) is 0 Å². The summed E-state index contributed by atoms with van der Waals surface area (Å²) in [5, 5.41) is 0. The van der Waals surface area contributed by atoms with E-state index in [0.717, 1.165) is 12.8 Å². The SMILES string of the molecule is Cc1cccc(Cc2cc(C)cc(Cc3ccccc3)c2)c1. The molecule has 0 aliphatic heterocycles. The lowest BCUT2D eigenvalue weighted by Crippen LogP contribution is -1.94. The third kappa shape index (κ3) is 3.85. The molecule has 0 aromatic heterocycles. The van der Waals surface area contributed by atoms with E-state index in [0.29, 0.717) is 0 Å². The maximum Gasteiger partial charge on any atom is -0.00255 e. The quantitative estimate of drug-likeness (QED) is 0.595. The van der Waals surface area contributed by atoms with Crippen LogP contribution in [-0.2, 0) is 12.8 Å². The van der Waals surface area contributed by atoms with E-state index >= 15 is 0 Å². The highest BCUT2D eigenvalue weighted by Gasteiger charge is 2.02. The lowest BCUT2D eigenvalue weighted by molar-refractivity contribution is 1.12. The highest BCUT2D eigenvalue weighted by Crippen LogP contribution is 2.17. The molecule has 0 nitrogen and oxygen atoms in total. The Morgan fingerprint density at radius 1 is 0.500 bits per heavy atom. The van der Waals surface area contributed by atoms with Gasteiger partial charge in [-0.2, -0.15) is 0 Å². The molecule has 0 fully saturated rings. The van der Waals surface area contributed by atoms with Gasteiger partial charge in [0.2, 0.25) is 0 Å². The van der Waals surface area contributed by atoms with E-state index in [1.165, 1.54) is 33.4 Å². The van der Waals surface area contributed by atoms with Crippen molar-refractivity contribution in [2.45, 2.75) is 26.7 Å². The van der Waals surface area contributed by atoms with Gasteiger partial charge < -0.3 is 0 Å². The first-order valence-corrected chi connectivity index (χ1v) is 7.88. The Morgan fingerprint density at radius 2 is 1.09 bits per heavy atom. The first-order valence-electron chi connectivity index (χ1n) is 7.88.